The Labute approximate surface area is 87.8 Å². The van der Waals surface area contributed by atoms with E-state index in [4.69, 9.17) is 9.26 Å². The van der Waals surface area contributed by atoms with E-state index in [9.17, 15) is 14.6 Å². The van der Waals surface area contributed by atoms with E-state index in [1.807, 2.05) is 13.8 Å². The largest absolute Gasteiger partial charge is 0.756 e. The van der Waals surface area contributed by atoms with Crippen molar-refractivity contribution in [1.82, 2.24) is 0 Å². The molecule has 88 valence electrons. The van der Waals surface area contributed by atoms with E-state index in [-0.39, 0.29) is 12.5 Å². The maximum atomic E-state index is 11.0. The molecule has 6 nitrogen and oxygen atoms in total. The van der Waals surface area contributed by atoms with Crippen molar-refractivity contribution in [2.24, 2.45) is 5.92 Å². The second kappa shape index (κ2) is 3.80. The van der Waals surface area contributed by atoms with Gasteiger partial charge in [-0.1, -0.05) is 13.8 Å². The van der Waals surface area contributed by atoms with Crippen molar-refractivity contribution in [3.8, 4) is 0 Å². The smallest absolute Gasteiger partial charge is 0.268 e. The highest BCUT2D eigenvalue weighted by atomic mass is 31.2. The monoisotopic (exact) mass is 237 g/mol. The molecule has 0 radical (unpaired) electrons. The zero-order valence-corrected chi connectivity index (χ0v) is 9.42. The lowest BCUT2D eigenvalue weighted by Gasteiger charge is -2.34. The molecule has 2 saturated heterocycles. The minimum atomic E-state index is -4.24. The first kappa shape index (κ1) is 11.5. The molecular weight excluding hydrogens is 223 g/mol. The second-order valence-electron chi connectivity index (χ2n) is 4.19. The summed E-state index contributed by atoms with van der Waals surface area (Å²) in [5.74, 6) is 0.0974. The number of aliphatic hydroxyl groups excluding tert-OH is 1. The summed E-state index contributed by atoms with van der Waals surface area (Å²) in [5, 5.41) is 9.82. The molecular formula is C8H14O6P-. The number of ether oxygens (including phenoxy) is 1. The zero-order valence-electron chi connectivity index (χ0n) is 8.53. The van der Waals surface area contributed by atoms with Gasteiger partial charge in [0, 0.05) is 0 Å². The van der Waals surface area contributed by atoms with E-state index >= 15 is 0 Å². The Morgan fingerprint density at radius 1 is 1.53 bits per heavy atom. The number of phosphoric ester groups is 1. The lowest BCUT2D eigenvalue weighted by atomic mass is 10.00. The molecule has 2 rings (SSSR count). The Morgan fingerprint density at radius 2 is 2.20 bits per heavy atom. The molecule has 2 unspecified atom stereocenters. The molecule has 0 saturated carbocycles. The summed E-state index contributed by atoms with van der Waals surface area (Å²) in [6, 6.07) is 0. The van der Waals surface area contributed by atoms with Crippen LogP contribution >= 0.6 is 7.82 Å². The first-order chi connectivity index (χ1) is 6.91. The van der Waals surface area contributed by atoms with Gasteiger partial charge in [-0.25, -0.2) is 0 Å². The van der Waals surface area contributed by atoms with Crippen LogP contribution < -0.4 is 4.89 Å². The van der Waals surface area contributed by atoms with Gasteiger partial charge < -0.3 is 23.8 Å². The van der Waals surface area contributed by atoms with Crippen LogP contribution in [0.25, 0.3) is 0 Å². The SMILES string of the molecule is CC(C)[C@@H]1O[C@@H]2COP(=O)([O-])O[C@@H]2C1O. The van der Waals surface area contributed by atoms with Crippen LogP contribution in [-0.2, 0) is 18.3 Å². The van der Waals surface area contributed by atoms with Crippen molar-refractivity contribution in [3.05, 3.63) is 0 Å². The number of phosphoric acid groups is 1. The van der Waals surface area contributed by atoms with Crippen LogP contribution in [-0.4, -0.2) is 36.1 Å². The molecule has 0 amide bonds. The predicted molar refractivity (Wildman–Crippen MR) is 47.9 cm³/mol. The third kappa shape index (κ3) is 2.11. The molecule has 1 N–H and O–H groups in total. The molecule has 0 spiro atoms. The summed E-state index contributed by atoms with van der Waals surface area (Å²) in [4.78, 5) is 11.0. The van der Waals surface area contributed by atoms with Crippen LogP contribution in [0.2, 0.25) is 0 Å². The topological polar surface area (TPSA) is 88.1 Å². The molecule has 7 heteroatoms. The summed E-state index contributed by atoms with van der Waals surface area (Å²) in [7, 11) is -4.24. The minimum Gasteiger partial charge on any atom is -0.756 e. The van der Waals surface area contributed by atoms with Gasteiger partial charge in [-0.05, 0) is 5.92 Å². The van der Waals surface area contributed by atoms with Crippen LogP contribution in [0.1, 0.15) is 13.8 Å². The Morgan fingerprint density at radius 3 is 2.80 bits per heavy atom. The van der Waals surface area contributed by atoms with Gasteiger partial charge in [0.15, 0.2) is 0 Å². The van der Waals surface area contributed by atoms with Gasteiger partial charge in [-0.2, -0.15) is 0 Å². The average molecular weight is 237 g/mol. The summed E-state index contributed by atoms with van der Waals surface area (Å²) < 4.78 is 25.7. The molecule has 5 atom stereocenters. The summed E-state index contributed by atoms with van der Waals surface area (Å²) in [6.45, 7) is 3.71. The third-order valence-corrected chi connectivity index (χ3v) is 3.64. The fourth-order valence-corrected chi connectivity index (χ4v) is 2.88. The van der Waals surface area contributed by atoms with Crippen molar-refractivity contribution >= 4 is 7.82 Å². The Bertz CT molecular complexity index is 293. The van der Waals surface area contributed by atoms with E-state index < -0.39 is 32.2 Å². The van der Waals surface area contributed by atoms with Crippen LogP contribution in [0.4, 0.5) is 0 Å². The highest BCUT2D eigenvalue weighted by molar-refractivity contribution is 7.45. The van der Waals surface area contributed by atoms with E-state index in [0.29, 0.717) is 0 Å². The predicted octanol–water partition coefficient (Wildman–Crippen LogP) is -0.346. The summed E-state index contributed by atoms with van der Waals surface area (Å²) in [6.07, 6.45) is -2.64. The number of hydrogen-bond acceptors (Lipinski definition) is 6. The van der Waals surface area contributed by atoms with Crippen LogP contribution in [0.3, 0.4) is 0 Å². The maximum Gasteiger partial charge on any atom is 0.268 e. The lowest BCUT2D eigenvalue weighted by molar-refractivity contribution is -0.245. The number of aliphatic hydroxyl groups is 1. The quantitative estimate of drug-likeness (QED) is 0.627. The van der Waals surface area contributed by atoms with Crippen molar-refractivity contribution in [3.63, 3.8) is 0 Å². The van der Waals surface area contributed by atoms with Crippen molar-refractivity contribution in [2.45, 2.75) is 38.3 Å². The summed E-state index contributed by atoms with van der Waals surface area (Å²) in [5.41, 5.74) is 0. The minimum absolute atomic E-state index is 0.0777. The standard InChI is InChI=1S/C8H15O6P/c1-4(2)7-6(9)8-5(13-7)3-12-15(10,11)14-8/h4-9H,3H2,1-2H3,(H,10,11)/p-1/t5-,6?,7+,8+/m1/s1. The van der Waals surface area contributed by atoms with Crippen LogP contribution in [0.5, 0.6) is 0 Å². The van der Waals surface area contributed by atoms with Crippen molar-refractivity contribution < 1.29 is 28.3 Å². The van der Waals surface area contributed by atoms with E-state index in [0.717, 1.165) is 0 Å². The number of hydrogen-bond donors (Lipinski definition) is 1. The van der Waals surface area contributed by atoms with Gasteiger partial charge >= 0.3 is 0 Å². The average Bonchev–Trinajstić information content (AvgIpc) is 2.42. The third-order valence-electron chi connectivity index (χ3n) is 2.68. The molecule has 0 aromatic heterocycles. The van der Waals surface area contributed by atoms with E-state index in [1.54, 1.807) is 0 Å². The van der Waals surface area contributed by atoms with E-state index in [2.05, 4.69) is 4.52 Å². The number of rotatable bonds is 1. The Hall–Kier alpha value is 0.0300. The van der Waals surface area contributed by atoms with Crippen LogP contribution in [0.15, 0.2) is 0 Å². The van der Waals surface area contributed by atoms with Gasteiger partial charge in [0.25, 0.3) is 7.82 Å². The van der Waals surface area contributed by atoms with Crippen LogP contribution in [0, 0.1) is 5.92 Å². The molecule has 2 fully saturated rings. The normalized spacial score (nSPS) is 50.7. The zero-order chi connectivity index (χ0) is 11.2. The molecule has 15 heavy (non-hydrogen) atoms. The van der Waals surface area contributed by atoms with Gasteiger partial charge in [0.1, 0.15) is 18.3 Å². The molecule has 2 aliphatic heterocycles. The molecule has 2 aliphatic rings. The highest BCUT2D eigenvalue weighted by Gasteiger charge is 2.49. The fraction of sp³-hybridized carbons (Fsp3) is 1.00. The summed E-state index contributed by atoms with van der Waals surface area (Å²) >= 11 is 0. The fourth-order valence-electron chi connectivity index (χ4n) is 1.93. The molecule has 0 aromatic carbocycles. The molecule has 2 heterocycles. The highest BCUT2D eigenvalue weighted by Crippen LogP contribution is 2.48. The second-order valence-corrected chi connectivity index (χ2v) is 5.55. The molecule has 0 bridgehead atoms. The van der Waals surface area contributed by atoms with E-state index in [1.165, 1.54) is 0 Å². The Kier molecular flexibility index (Phi) is 2.92. The van der Waals surface area contributed by atoms with Crippen molar-refractivity contribution in [1.29, 1.82) is 0 Å². The maximum absolute atomic E-state index is 11.0. The molecule has 0 aromatic rings. The van der Waals surface area contributed by atoms with Gasteiger partial charge in [-0.15, -0.1) is 0 Å². The van der Waals surface area contributed by atoms with Gasteiger partial charge in [0.2, 0.25) is 0 Å². The van der Waals surface area contributed by atoms with Crippen molar-refractivity contribution in [2.75, 3.05) is 6.61 Å². The number of fused-ring (bicyclic) bond motifs is 1. The molecule has 0 aliphatic carbocycles. The Balaban J connectivity index is 2.12. The van der Waals surface area contributed by atoms with Gasteiger partial charge in [0.05, 0.1) is 12.7 Å². The first-order valence-electron chi connectivity index (χ1n) is 4.88. The first-order valence-corrected chi connectivity index (χ1v) is 6.34. The lowest BCUT2D eigenvalue weighted by Crippen LogP contribution is -2.41. The van der Waals surface area contributed by atoms with Gasteiger partial charge in [-0.3, -0.25) is 4.57 Å².